The summed E-state index contributed by atoms with van der Waals surface area (Å²) >= 11 is 0. The van der Waals surface area contributed by atoms with E-state index in [9.17, 15) is 14.7 Å². The van der Waals surface area contributed by atoms with E-state index in [-0.39, 0.29) is 19.0 Å². The van der Waals surface area contributed by atoms with Gasteiger partial charge >= 0.3 is 5.97 Å². The molecule has 0 aliphatic rings. The highest BCUT2D eigenvalue weighted by molar-refractivity contribution is 5.81. The third-order valence-corrected chi connectivity index (χ3v) is 2.81. The van der Waals surface area contributed by atoms with Crippen LogP contribution in [0.25, 0.3) is 11.0 Å². The zero-order valence-electron chi connectivity index (χ0n) is 10.9. The van der Waals surface area contributed by atoms with E-state index < -0.39 is 12.1 Å². The number of amides is 1. The summed E-state index contributed by atoms with van der Waals surface area (Å²) in [6.45, 7) is -0.119. The molecule has 0 spiro atoms. The van der Waals surface area contributed by atoms with Gasteiger partial charge in [-0.25, -0.2) is 9.78 Å². The number of para-hydroxylation sites is 2. The van der Waals surface area contributed by atoms with Gasteiger partial charge in [0.15, 0.2) is 6.10 Å². The van der Waals surface area contributed by atoms with Crippen molar-refractivity contribution in [3.63, 3.8) is 0 Å². The lowest BCUT2D eigenvalue weighted by molar-refractivity contribution is -0.150. The van der Waals surface area contributed by atoms with Gasteiger partial charge in [0.05, 0.1) is 31.0 Å². The number of aliphatic hydroxyl groups is 1. The molecule has 1 aromatic heterocycles. The Hall–Kier alpha value is -2.41. The van der Waals surface area contributed by atoms with Gasteiger partial charge in [0.1, 0.15) is 6.54 Å². The van der Waals surface area contributed by atoms with Gasteiger partial charge in [-0.2, -0.15) is 0 Å². The molecule has 0 radical (unpaired) electrons. The Bertz CT molecular complexity index is 623. The third kappa shape index (κ3) is 3.12. The molecule has 2 aromatic rings. The van der Waals surface area contributed by atoms with E-state index in [1.807, 2.05) is 24.3 Å². The predicted molar refractivity (Wildman–Crippen MR) is 70.8 cm³/mol. The zero-order chi connectivity index (χ0) is 14.5. The Morgan fingerprint density at radius 3 is 2.95 bits per heavy atom. The van der Waals surface area contributed by atoms with Crippen molar-refractivity contribution in [3.8, 4) is 0 Å². The van der Waals surface area contributed by atoms with Crippen LogP contribution >= 0.6 is 0 Å². The van der Waals surface area contributed by atoms with Crippen molar-refractivity contribution in [3.05, 3.63) is 30.6 Å². The summed E-state index contributed by atoms with van der Waals surface area (Å²) in [4.78, 5) is 26.9. The molecule has 0 bridgehead atoms. The maximum absolute atomic E-state index is 11.7. The lowest BCUT2D eigenvalue weighted by Gasteiger charge is -2.10. The fraction of sp³-hybridized carbons (Fsp3) is 0.308. The minimum Gasteiger partial charge on any atom is -0.467 e. The van der Waals surface area contributed by atoms with Crippen molar-refractivity contribution in [1.82, 2.24) is 14.9 Å². The summed E-state index contributed by atoms with van der Waals surface area (Å²) in [6, 6.07) is 7.44. The number of methoxy groups -OCH3 is 1. The molecule has 1 amide bonds. The number of nitrogens with zero attached hydrogens (tertiary/aromatic N) is 2. The first kappa shape index (κ1) is 14.0. The minimum absolute atomic E-state index is 0.0639. The van der Waals surface area contributed by atoms with Crippen LogP contribution in [0.4, 0.5) is 0 Å². The standard InChI is InChI=1S/C13H15N3O4/c1-20-13(19)11(17)6-14-12(18)7-16-8-15-9-4-2-3-5-10(9)16/h2-5,8,11,17H,6-7H2,1H3,(H,14,18). The van der Waals surface area contributed by atoms with Crippen LogP contribution in [0, 0.1) is 0 Å². The molecule has 1 unspecified atom stereocenters. The topological polar surface area (TPSA) is 93.5 Å². The second-order valence-electron chi connectivity index (χ2n) is 4.20. The molecule has 1 atom stereocenters. The maximum atomic E-state index is 11.7. The van der Waals surface area contributed by atoms with Crippen LogP contribution in [0.1, 0.15) is 0 Å². The number of nitrogens with one attached hydrogen (secondary N) is 1. The smallest absolute Gasteiger partial charge is 0.336 e. The lowest BCUT2D eigenvalue weighted by atomic mass is 10.3. The largest absolute Gasteiger partial charge is 0.467 e. The molecule has 2 N–H and O–H groups in total. The zero-order valence-corrected chi connectivity index (χ0v) is 10.9. The number of carbonyl (C=O) groups is 2. The molecule has 0 aliphatic carbocycles. The van der Waals surface area contributed by atoms with Gasteiger partial charge in [0.2, 0.25) is 5.91 Å². The van der Waals surface area contributed by atoms with Crippen LogP contribution < -0.4 is 5.32 Å². The number of fused-ring (bicyclic) bond motifs is 1. The highest BCUT2D eigenvalue weighted by Gasteiger charge is 2.16. The van der Waals surface area contributed by atoms with E-state index in [1.165, 1.54) is 7.11 Å². The van der Waals surface area contributed by atoms with E-state index in [0.717, 1.165) is 11.0 Å². The third-order valence-electron chi connectivity index (χ3n) is 2.81. The number of aliphatic hydroxyl groups excluding tert-OH is 1. The monoisotopic (exact) mass is 277 g/mol. The summed E-state index contributed by atoms with van der Waals surface area (Å²) in [5.74, 6) is -1.10. The summed E-state index contributed by atoms with van der Waals surface area (Å²) in [6.07, 6.45) is 0.213. The summed E-state index contributed by atoms with van der Waals surface area (Å²) in [5.41, 5.74) is 1.64. The molecule has 20 heavy (non-hydrogen) atoms. The molecule has 0 fully saturated rings. The Labute approximate surface area is 115 Å². The van der Waals surface area contributed by atoms with Gasteiger partial charge in [0.25, 0.3) is 0 Å². The van der Waals surface area contributed by atoms with Gasteiger partial charge in [-0.3, -0.25) is 4.79 Å². The fourth-order valence-electron chi connectivity index (χ4n) is 1.78. The second-order valence-corrected chi connectivity index (χ2v) is 4.20. The quantitative estimate of drug-likeness (QED) is 0.731. The van der Waals surface area contributed by atoms with Crippen molar-refractivity contribution < 1.29 is 19.4 Å². The van der Waals surface area contributed by atoms with Crippen LogP contribution in [0.5, 0.6) is 0 Å². The first-order valence-corrected chi connectivity index (χ1v) is 6.04. The van der Waals surface area contributed by atoms with Gasteiger partial charge < -0.3 is 19.7 Å². The molecular weight excluding hydrogens is 262 g/mol. The van der Waals surface area contributed by atoms with E-state index in [1.54, 1.807) is 10.9 Å². The number of esters is 1. The molecule has 2 rings (SSSR count). The second kappa shape index (κ2) is 6.16. The fourth-order valence-corrected chi connectivity index (χ4v) is 1.78. The molecule has 1 aromatic carbocycles. The molecule has 1 heterocycles. The lowest BCUT2D eigenvalue weighted by Crippen LogP contribution is -2.38. The number of benzene rings is 1. The summed E-state index contributed by atoms with van der Waals surface area (Å²) in [7, 11) is 1.17. The van der Waals surface area contributed by atoms with Crippen molar-refractivity contribution in [2.24, 2.45) is 0 Å². The highest BCUT2D eigenvalue weighted by Crippen LogP contribution is 2.11. The van der Waals surface area contributed by atoms with Crippen LogP contribution in [0.2, 0.25) is 0 Å². The number of hydrogen-bond acceptors (Lipinski definition) is 5. The summed E-state index contributed by atoms with van der Waals surface area (Å²) in [5, 5.41) is 11.8. The SMILES string of the molecule is COC(=O)C(O)CNC(=O)Cn1cnc2ccccc21. The van der Waals surface area contributed by atoms with Crippen LogP contribution in [-0.4, -0.2) is 46.3 Å². The highest BCUT2D eigenvalue weighted by atomic mass is 16.5. The molecule has 0 saturated carbocycles. The van der Waals surface area contributed by atoms with Crippen molar-refractivity contribution in [2.75, 3.05) is 13.7 Å². The molecular formula is C13H15N3O4. The van der Waals surface area contributed by atoms with Crippen molar-refractivity contribution in [2.45, 2.75) is 12.6 Å². The van der Waals surface area contributed by atoms with Gasteiger partial charge in [-0.05, 0) is 12.1 Å². The minimum atomic E-state index is -1.36. The molecule has 0 aliphatic heterocycles. The maximum Gasteiger partial charge on any atom is 0.336 e. The Kier molecular flexibility index (Phi) is 4.31. The molecule has 0 saturated heterocycles. The van der Waals surface area contributed by atoms with E-state index >= 15 is 0 Å². The number of imidazole rings is 1. The number of hydrogen-bond donors (Lipinski definition) is 2. The Morgan fingerprint density at radius 1 is 1.45 bits per heavy atom. The Morgan fingerprint density at radius 2 is 2.20 bits per heavy atom. The number of carbonyl (C=O) groups excluding carboxylic acids is 2. The number of ether oxygens (including phenoxy) is 1. The number of aromatic nitrogens is 2. The number of rotatable bonds is 5. The van der Waals surface area contributed by atoms with Crippen LogP contribution in [0.15, 0.2) is 30.6 Å². The molecule has 7 heteroatoms. The predicted octanol–water partition coefficient (Wildman–Crippen LogP) is -0.314. The average Bonchev–Trinajstić information content (AvgIpc) is 2.87. The average molecular weight is 277 g/mol. The van der Waals surface area contributed by atoms with Crippen LogP contribution in [0.3, 0.4) is 0 Å². The van der Waals surface area contributed by atoms with E-state index in [2.05, 4.69) is 15.0 Å². The summed E-state index contributed by atoms with van der Waals surface area (Å²) < 4.78 is 6.04. The van der Waals surface area contributed by atoms with Crippen molar-refractivity contribution in [1.29, 1.82) is 0 Å². The van der Waals surface area contributed by atoms with Gasteiger partial charge in [-0.1, -0.05) is 12.1 Å². The van der Waals surface area contributed by atoms with E-state index in [4.69, 9.17) is 0 Å². The molecule has 106 valence electrons. The normalized spacial score (nSPS) is 12.1. The molecule has 7 nitrogen and oxygen atoms in total. The van der Waals surface area contributed by atoms with Gasteiger partial charge in [0, 0.05) is 0 Å². The Balaban J connectivity index is 1.93. The van der Waals surface area contributed by atoms with Crippen LogP contribution in [-0.2, 0) is 20.9 Å². The van der Waals surface area contributed by atoms with E-state index in [0.29, 0.717) is 0 Å². The first-order valence-electron chi connectivity index (χ1n) is 6.04. The van der Waals surface area contributed by atoms with Crippen molar-refractivity contribution >= 4 is 22.9 Å². The first-order chi connectivity index (χ1) is 9.61. The van der Waals surface area contributed by atoms with Gasteiger partial charge in [-0.15, -0.1) is 0 Å².